The van der Waals surface area contributed by atoms with Gasteiger partial charge in [0.1, 0.15) is 5.76 Å². The van der Waals surface area contributed by atoms with Crippen LogP contribution in [-0.4, -0.2) is 53.0 Å². The van der Waals surface area contributed by atoms with E-state index < -0.39 is 0 Å². The van der Waals surface area contributed by atoms with E-state index >= 15 is 0 Å². The number of nitrogens with zero attached hydrogens (tertiary/aromatic N) is 5. The topological polar surface area (TPSA) is 58.3 Å². The lowest BCUT2D eigenvalue weighted by Crippen LogP contribution is -2.59. The summed E-state index contributed by atoms with van der Waals surface area (Å²) in [5.41, 5.74) is 2.02. The highest BCUT2D eigenvalue weighted by atomic mass is 16.5. The zero-order chi connectivity index (χ0) is 17.3. The highest BCUT2D eigenvalue weighted by Gasteiger charge is 2.31. The van der Waals surface area contributed by atoms with Gasteiger partial charge in [-0.1, -0.05) is 25.9 Å². The van der Waals surface area contributed by atoms with Crippen molar-refractivity contribution in [3.05, 3.63) is 35.3 Å². The van der Waals surface area contributed by atoms with Gasteiger partial charge in [0.25, 0.3) is 0 Å². The van der Waals surface area contributed by atoms with Crippen LogP contribution >= 0.6 is 0 Å². The Labute approximate surface area is 143 Å². The summed E-state index contributed by atoms with van der Waals surface area (Å²) in [6.07, 6.45) is 0.897. The van der Waals surface area contributed by atoms with E-state index in [-0.39, 0.29) is 5.41 Å². The Morgan fingerprint density at radius 3 is 2.54 bits per heavy atom. The second kappa shape index (κ2) is 6.51. The van der Waals surface area contributed by atoms with E-state index in [0.717, 1.165) is 49.0 Å². The van der Waals surface area contributed by atoms with Gasteiger partial charge in [-0.15, -0.1) is 5.10 Å². The molecular weight excluding hydrogens is 302 g/mol. The van der Waals surface area contributed by atoms with Crippen molar-refractivity contribution in [1.29, 1.82) is 0 Å². The fourth-order valence-corrected chi connectivity index (χ4v) is 2.82. The van der Waals surface area contributed by atoms with E-state index in [1.165, 1.54) is 0 Å². The van der Waals surface area contributed by atoms with Crippen molar-refractivity contribution >= 4 is 5.82 Å². The van der Waals surface area contributed by atoms with E-state index in [0.29, 0.717) is 6.04 Å². The average Bonchev–Trinajstić information content (AvgIpc) is 2.89. The van der Waals surface area contributed by atoms with Gasteiger partial charge in [-0.05, 0) is 26.1 Å². The van der Waals surface area contributed by atoms with E-state index in [9.17, 15) is 0 Å². The molecule has 130 valence electrons. The van der Waals surface area contributed by atoms with Gasteiger partial charge in [-0.25, -0.2) is 0 Å². The molecule has 1 aliphatic heterocycles. The predicted octanol–water partition coefficient (Wildman–Crippen LogP) is 2.43. The van der Waals surface area contributed by atoms with Crippen LogP contribution in [0.3, 0.4) is 0 Å². The Kier molecular flexibility index (Phi) is 4.58. The maximum absolute atomic E-state index is 5.27. The third kappa shape index (κ3) is 3.75. The molecule has 1 fully saturated rings. The molecule has 1 saturated heterocycles. The SMILES string of the molecule is Cc1cc(CCN(C)C2CN(c3ccc(C(C)(C)C)nn3)C2)on1. The molecule has 1 aliphatic rings. The molecule has 0 unspecified atom stereocenters. The van der Waals surface area contributed by atoms with Gasteiger partial charge in [0.2, 0.25) is 0 Å². The van der Waals surface area contributed by atoms with E-state index in [1.807, 2.05) is 13.0 Å². The van der Waals surface area contributed by atoms with Crippen LogP contribution in [0.5, 0.6) is 0 Å². The van der Waals surface area contributed by atoms with Gasteiger partial charge in [-0.2, -0.15) is 5.10 Å². The molecule has 6 heteroatoms. The minimum atomic E-state index is 0.0439. The number of hydrogen-bond acceptors (Lipinski definition) is 6. The molecule has 0 radical (unpaired) electrons. The third-order valence-electron chi connectivity index (χ3n) is 4.62. The molecule has 3 rings (SSSR count). The van der Waals surface area contributed by atoms with Crippen LogP contribution < -0.4 is 4.90 Å². The molecule has 2 aromatic heterocycles. The molecule has 0 atom stereocenters. The van der Waals surface area contributed by atoms with Crippen molar-refractivity contribution in [3.8, 4) is 0 Å². The highest BCUT2D eigenvalue weighted by Crippen LogP contribution is 2.24. The first-order chi connectivity index (χ1) is 11.3. The molecule has 0 N–H and O–H groups in total. The van der Waals surface area contributed by atoms with Gasteiger partial charge in [0.15, 0.2) is 5.82 Å². The Morgan fingerprint density at radius 2 is 2.00 bits per heavy atom. The predicted molar refractivity (Wildman–Crippen MR) is 94.3 cm³/mol. The van der Waals surface area contributed by atoms with Crippen LogP contribution in [0.1, 0.15) is 37.9 Å². The minimum absolute atomic E-state index is 0.0439. The molecule has 0 saturated carbocycles. The molecule has 0 aromatic carbocycles. The number of aromatic nitrogens is 3. The maximum Gasteiger partial charge on any atom is 0.151 e. The summed E-state index contributed by atoms with van der Waals surface area (Å²) < 4.78 is 5.27. The standard InChI is InChI=1S/C18H27N5O/c1-13-10-15(24-21-13)8-9-22(5)14-11-23(12-14)17-7-6-16(19-20-17)18(2,3)4/h6-7,10,14H,8-9,11-12H2,1-5H3. The molecule has 24 heavy (non-hydrogen) atoms. The van der Waals surface area contributed by atoms with Crippen molar-refractivity contribution in [2.45, 2.75) is 45.6 Å². The largest absolute Gasteiger partial charge is 0.361 e. The lowest BCUT2D eigenvalue weighted by Gasteiger charge is -2.44. The summed E-state index contributed by atoms with van der Waals surface area (Å²) in [4.78, 5) is 4.66. The third-order valence-corrected chi connectivity index (χ3v) is 4.62. The van der Waals surface area contributed by atoms with Crippen LogP contribution in [0.4, 0.5) is 5.82 Å². The lowest BCUT2D eigenvalue weighted by atomic mass is 9.92. The molecular formula is C18H27N5O. The smallest absolute Gasteiger partial charge is 0.151 e. The normalized spacial score (nSPS) is 15.8. The van der Waals surface area contributed by atoms with E-state index in [2.05, 4.69) is 65.1 Å². The number of anilines is 1. The van der Waals surface area contributed by atoms with Crippen LogP contribution in [0.2, 0.25) is 0 Å². The quantitative estimate of drug-likeness (QED) is 0.840. The van der Waals surface area contributed by atoms with Crippen molar-refractivity contribution in [1.82, 2.24) is 20.3 Å². The first-order valence-electron chi connectivity index (χ1n) is 8.54. The Morgan fingerprint density at radius 1 is 1.25 bits per heavy atom. The van der Waals surface area contributed by atoms with Crippen LogP contribution in [-0.2, 0) is 11.8 Å². The van der Waals surface area contributed by atoms with Gasteiger partial charge in [-0.3, -0.25) is 4.90 Å². The summed E-state index contributed by atoms with van der Waals surface area (Å²) in [5.74, 6) is 1.93. The summed E-state index contributed by atoms with van der Waals surface area (Å²) in [6.45, 7) is 11.4. The average molecular weight is 329 g/mol. The fourth-order valence-electron chi connectivity index (χ4n) is 2.82. The second-order valence-corrected chi connectivity index (χ2v) is 7.75. The fraction of sp³-hybridized carbons (Fsp3) is 0.611. The van der Waals surface area contributed by atoms with Crippen LogP contribution in [0.25, 0.3) is 0 Å². The zero-order valence-electron chi connectivity index (χ0n) is 15.3. The highest BCUT2D eigenvalue weighted by molar-refractivity contribution is 5.42. The Bertz CT molecular complexity index is 667. The van der Waals surface area contributed by atoms with E-state index in [1.54, 1.807) is 0 Å². The molecule has 0 spiro atoms. The summed E-state index contributed by atoms with van der Waals surface area (Å²) in [5, 5.41) is 12.7. The molecule has 0 aliphatic carbocycles. The van der Waals surface area contributed by atoms with Crippen molar-refractivity contribution in [2.24, 2.45) is 0 Å². The minimum Gasteiger partial charge on any atom is -0.361 e. The van der Waals surface area contributed by atoms with Gasteiger partial charge >= 0.3 is 0 Å². The molecule has 0 bridgehead atoms. The Hall–Kier alpha value is -1.95. The summed E-state index contributed by atoms with van der Waals surface area (Å²) in [7, 11) is 2.17. The van der Waals surface area contributed by atoms with Crippen LogP contribution in [0, 0.1) is 6.92 Å². The first-order valence-corrected chi connectivity index (χ1v) is 8.54. The number of rotatable bonds is 5. The summed E-state index contributed by atoms with van der Waals surface area (Å²) >= 11 is 0. The molecule has 6 nitrogen and oxygen atoms in total. The number of hydrogen-bond donors (Lipinski definition) is 0. The van der Waals surface area contributed by atoms with Gasteiger partial charge < -0.3 is 9.42 Å². The molecule has 3 heterocycles. The number of likely N-dealkylation sites (N-methyl/N-ethyl adjacent to an activating group) is 1. The lowest BCUT2D eigenvalue weighted by molar-refractivity contribution is 0.201. The van der Waals surface area contributed by atoms with E-state index in [4.69, 9.17) is 4.52 Å². The summed E-state index contributed by atoms with van der Waals surface area (Å²) in [6, 6.07) is 6.73. The van der Waals surface area contributed by atoms with Crippen LogP contribution in [0.15, 0.2) is 22.7 Å². The van der Waals surface area contributed by atoms with Crippen molar-refractivity contribution < 1.29 is 4.52 Å². The first kappa shape index (κ1) is 16.9. The maximum atomic E-state index is 5.27. The number of aryl methyl sites for hydroxylation is 1. The Balaban J connectivity index is 1.48. The van der Waals surface area contributed by atoms with Crippen molar-refractivity contribution in [3.63, 3.8) is 0 Å². The van der Waals surface area contributed by atoms with Gasteiger partial charge in [0, 0.05) is 43.6 Å². The monoisotopic (exact) mass is 329 g/mol. The van der Waals surface area contributed by atoms with Gasteiger partial charge in [0.05, 0.1) is 11.4 Å². The molecule has 2 aromatic rings. The zero-order valence-corrected chi connectivity index (χ0v) is 15.3. The van der Waals surface area contributed by atoms with Crippen molar-refractivity contribution in [2.75, 3.05) is 31.6 Å². The molecule has 0 amide bonds. The second-order valence-electron chi connectivity index (χ2n) is 7.75.